The molecule has 2 rings (SSSR count). The van der Waals surface area contributed by atoms with Gasteiger partial charge >= 0.3 is 0 Å². The lowest BCUT2D eigenvalue weighted by Gasteiger charge is -2.15. The minimum atomic E-state index is -0.232. The zero-order chi connectivity index (χ0) is 21.4. The van der Waals surface area contributed by atoms with Gasteiger partial charge in [0.25, 0.3) is 5.91 Å². The van der Waals surface area contributed by atoms with E-state index in [1.165, 1.54) is 23.1 Å². The third-order valence-electron chi connectivity index (χ3n) is 4.75. The molecule has 1 N–H and O–H groups in total. The monoisotopic (exact) mass is 455 g/mol. The number of benzene rings is 1. The summed E-state index contributed by atoms with van der Waals surface area (Å²) in [5.41, 5.74) is 0.948. The summed E-state index contributed by atoms with van der Waals surface area (Å²) < 4.78 is 0. The molecule has 1 aromatic rings. The lowest BCUT2D eigenvalue weighted by atomic mass is 9.99. The SMILES string of the molecule is CCCC[C@H](CC)CNC(=O)CSC1=N/C(=C/c2ccc(Cl)cc2Cl)C(=O)N1C. The molecule has 1 aliphatic rings. The fraction of sp³-hybridized carbons (Fsp3) is 0.476. The molecule has 1 atom stereocenters. The Morgan fingerprint density at radius 2 is 2.10 bits per heavy atom. The number of rotatable bonds is 9. The third-order valence-corrected chi connectivity index (χ3v) is 6.34. The Balaban J connectivity index is 1.94. The molecule has 0 saturated carbocycles. The number of hydrogen-bond acceptors (Lipinski definition) is 4. The van der Waals surface area contributed by atoms with Gasteiger partial charge in [-0.15, -0.1) is 0 Å². The highest BCUT2D eigenvalue weighted by atomic mass is 35.5. The summed E-state index contributed by atoms with van der Waals surface area (Å²) in [5.74, 6) is 0.446. The van der Waals surface area contributed by atoms with Crippen molar-refractivity contribution in [2.75, 3.05) is 19.3 Å². The maximum absolute atomic E-state index is 12.5. The van der Waals surface area contributed by atoms with Crippen LogP contribution in [0.4, 0.5) is 0 Å². The van der Waals surface area contributed by atoms with Gasteiger partial charge in [-0.25, -0.2) is 4.99 Å². The van der Waals surface area contributed by atoms with Crippen LogP contribution >= 0.6 is 35.0 Å². The van der Waals surface area contributed by atoms with E-state index < -0.39 is 0 Å². The maximum Gasteiger partial charge on any atom is 0.278 e. The van der Waals surface area contributed by atoms with E-state index in [9.17, 15) is 9.59 Å². The first kappa shape index (κ1) is 23.8. The third kappa shape index (κ3) is 7.05. The van der Waals surface area contributed by atoms with E-state index in [-0.39, 0.29) is 23.3 Å². The van der Waals surface area contributed by atoms with Crippen LogP contribution in [0.5, 0.6) is 0 Å². The lowest BCUT2D eigenvalue weighted by Crippen LogP contribution is -2.32. The van der Waals surface area contributed by atoms with Gasteiger partial charge in [0.1, 0.15) is 5.70 Å². The van der Waals surface area contributed by atoms with E-state index in [2.05, 4.69) is 24.2 Å². The van der Waals surface area contributed by atoms with E-state index in [1.54, 1.807) is 31.3 Å². The molecule has 0 fully saturated rings. The number of hydrogen-bond donors (Lipinski definition) is 1. The molecule has 8 heteroatoms. The fourth-order valence-corrected chi connectivity index (χ4v) is 4.12. The van der Waals surface area contributed by atoms with Crippen LogP contribution in [0.25, 0.3) is 6.08 Å². The second-order valence-corrected chi connectivity index (χ2v) is 8.75. The normalized spacial score (nSPS) is 16.3. The molecule has 0 saturated heterocycles. The minimum absolute atomic E-state index is 0.0494. The molecule has 1 aromatic carbocycles. The van der Waals surface area contributed by atoms with E-state index in [0.717, 1.165) is 19.3 Å². The molecule has 2 amide bonds. The number of carbonyl (C=O) groups is 2. The van der Waals surface area contributed by atoms with E-state index in [0.29, 0.717) is 33.2 Å². The molecule has 0 aromatic heterocycles. The lowest BCUT2D eigenvalue weighted by molar-refractivity contribution is -0.121. The van der Waals surface area contributed by atoms with Gasteiger partial charge < -0.3 is 5.32 Å². The van der Waals surface area contributed by atoms with Gasteiger partial charge in [0.2, 0.25) is 5.91 Å². The summed E-state index contributed by atoms with van der Waals surface area (Å²) in [7, 11) is 1.65. The van der Waals surface area contributed by atoms with Crippen molar-refractivity contribution in [2.45, 2.75) is 39.5 Å². The van der Waals surface area contributed by atoms with Crippen LogP contribution in [-0.4, -0.2) is 41.2 Å². The standard InChI is InChI=1S/C21H27Cl2N3O2S/c1-4-6-7-14(5-2)12-24-19(27)13-29-21-25-18(20(28)26(21)3)10-15-8-9-16(22)11-17(15)23/h8-11,14H,4-7,12-13H2,1-3H3,(H,24,27)/b18-10+/t14-/m0/s1. The number of likely N-dealkylation sites (N-methyl/N-ethyl adjacent to an activating group) is 1. The second-order valence-electron chi connectivity index (χ2n) is 6.96. The molecule has 0 radical (unpaired) electrons. The topological polar surface area (TPSA) is 61.8 Å². The van der Waals surface area contributed by atoms with E-state index in [4.69, 9.17) is 23.2 Å². The quantitative estimate of drug-likeness (QED) is 0.518. The number of amides is 2. The van der Waals surface area contributed by atoms with Gasteiger partial charge in [-0.2, -0.15) is 0 Å². The first-order chi connectivity index (χ1) is 13.8. The van der Waals surface area contributed by atoms with Gasteiger partial charge in [0.15, 0.2) is 5.17 Å². The maximum atomic E-state index is 12.5. The van der Waals surface area contributed by atoms with Crippen molar-refractivity contribution in [1.29, 1.82) is 0 Å². The van der Waals surface area contributed by atoms with Gasteiger partial charge in [0, 0.05) is 23.6 Å². The number of nitrogens with zero attached hydrogens (tertiary/aromatic N) is 2. The minimum Gasteiger partial charge on any atom is -0.355 e. The van der Waals surface area contributed by atoms with E-state index >= 15 is 0 Å². The van der Waals surface area contributed by atoms with Gasteiger partial charge in [-0.05, 0) is 36.1 Å². The summed E-state index contributed by atoms with van der Waals surface area (Å²) in [6.07, 6.45) is 6.16. The van der Waals surface area contributed by atoms with Gasteiger partial charge in [-0.3, -0.25) is 14.5 Å². The molecule has 5 nitrogen and oxygen atoms in total. The summed E-state index contributed by atoms with van der Waals surface area (Å²) in [6, 6.07) is 5.06. The number of amidine groups is 1. The molecule has 0 bridgehead atoms. The predicted octanol–water partition coefficient (Wildman–Crippen LogP) is 5.23. The fourth-order valence-electron chi connectivity index (χ4n) is 2.86. The Hall–Kier alpha value is -1.50. The van der Waals surface area contributed by atoms with Crippen molar-refractivity contribution in [3.8, 4) is 0 Å². The van der Waals surface area contributed by atoms with Gasteiger partial charge in [-0.1, -0.05) is 74.1 Å². The summed E-state index contributed by atoms with van der Waals surface area (Å²) >= 11 is 13.3. The van der Waals surface area contributed by atoms with Crippen LogP contribution in [-0.2, 0) is 9.59 Å². The molecule has 0 aliphatic carbocycles. The number of carbonyl (C=O) groups excluding carboxylic acids is 2. The van der Waals surface area contributed by atoms with E-state index in [1.807, 2.05) is 0 Å². The van der Waals surface area contributed by atoms with Crippen molar-refractivity contribution in [2.24, 2.45) is 10.9 Å². The molecule has 0 spiro atoms. The van der Waals surface area contributed by atoms with Crippen LogP contribution in [0.1, 0.15) is 45.1 Å². The first-order valence-corrected chi connectivity index (χ1v) is 11.5. The number of nitrogens with one attached hydrogen (secondary N) is 1. The summed E-state index contributed by atoms with van der Waals surface area (Å²) in [5, 5.41) is 4.47. The van der Waals surface area contributed by atoms with Crippen LogP contribution in [0.2, 0.25) is 10.0 Å². The highest BCUT2D eigenvalue weighted by molar-refractivity contribution is 8.14. The van der Waals surface area contributed by atoms with Crippen LogP contribution < -0.4 is 5.32 Å². The van der Waals surface area contributed by atoms with Crippen molar-refractivity contribution >= 4 is 58.0 Å². The first-order valence-electron chi connectivity index (χ1n) is 9.78. The molecule has 158 valence electrons. The smallest absolute Gasteiger partial charge is 0.278 e. The number of thioether (sulfide) groups is 1. The van der Waals surface area contributed by atoms with Crippen molar-refractivity contribution in [3.63, 3.8) is 0 Å². The molecule has 29 heavy (non-hydrogen) atoms. The Kier molecular flexibility index (Phi) is 9.53. The summed E-state index contributed by atoms with van der Waals surface area (Å²) in [4.78, 5) is 30.5. The zero-order valence-corrected chi connectivity index (χ0v) is 19.3. The molecular weight excluding hydrogens is 429 g/mol. The van der Waals surface area contributed by atoms with Crippen molar-refractivity contribution in [1.82, 2.24) is 10.2 Å². The Morgan fingerprint density at radius 3 is 2.76 bits per heavy atom. The Bertz CT molecular complexity index is 811. The second kappa shape index (κ2) is 11.6. The number of unbranched alkanes of at least 4 members (excludes halogenated alkanes) is 1. The molecular formula is C21H27Cl2N3O2S. The Morgan fingerprint density at radius 1 is 1.34 bits per heavy atom. The molecule has 0 unspecified atom stereocenters. The largest absolute Gasteiger partial charge is 0.355 e. The van der Waals surface area contributed by atoms with Crippen LogP contribution in [0, 0.1) is 5.92 Å². The zero-order valence-electron chi connectivity index (χ0n) is 17.0. The van der Waals surface area contributed by atoms with Gasteiger partial charge in [0.05, 0.1) is 5.75 Å². The average molecular weight is 456 g/mol. The molecule has 1 heterocycles. The number of halogens is 2. The van der Waals surface area contributed by atoms with Crippen LogP contribution in [0.15, 0.2) is 28.9 Å². The highest BCUT2D eigenvalue weighted by Gasteiger charge is 2.28. The van der Waals surface area contributed by atoms with Crippen molar-refractivity contribution < 1.29 is 9.59 Å². The highest BCUT2D eigenvalue weighted by Crippen LogP contribution is 2.27. The van der Waals surface area contributed by atoms with Crippen molar-refractivity contribution in [3.05, 3.63) is 39.5 Å². The number of aliphatic imine (C=N–C) groups is 1. The van der Waals surface area contributed by atoms with Crippen LogP contribution in [0.3, 0.4) is 0 Å². The Labute approximate surface area is 186 Å². The summed E-state index contributed by atoms with van der Waals surface area (Å²) in [6.45, 7) is 5.01. The predicted molar refractivity (Wildman–Crippen MR) is 123 cm³/mol. The average Bonchev–Trinajstić information content (AvgIpc) is 2.96. The molecule has 1 aliphatic heterocycles.